The van der Waals surface area contributed by atoms with Gasteiger partial charge >= 0.3 is 12.4 Å². The molecule has 3 nitrogen and oxygen atoms in total. The zero-order valence-electron chi connectivity index (χ0n) is 17.8. The quantitative estimate of drug-likeness (QED) is 0.556. The first-order valence-electron chi connectivity index (χ1n) is 10.4. The molecular formula is C23H23F7N2O. The fourth-order valence-electron chi connectivity index (χ4n) is 4.05. The largest absolute Gasteiger partial charge is 0.416 e. The topological polar surface area (TPSA) is 32.3 Å². The van der Waals surface area contributed by atoms with Crippen molar-refractivity contribution in [3.05, 3.63) is 70.5 Å². The van der Waals surface area contributed by atoms with Gasteiger partial charge in [-0.3, -0.25) is 9.69 Å². The average Bonchev–Trinajstić information content (AvgIpc) is 3.27. The molecule has 1 unspecified atom stereocenters. The van der Waals surface area contributed by atoms with Crippen molar-refractivity contribution in [1.82, 2.24) is 10.2 Å². The molecule has 0 saturated carbocycles. The third-order valence-corrected chi connectivity index (χ3v) is 5.93. The van der Waals surface area contributed by atoms with Gasteiger partial charge in [0.15, 0.2) is 0 Å². The molecule has 1 amide bonds. The fourth-order valence-corrected chi connectivity index (χ4v) is 4.05. The summed E-state index contributed by atoms with van der Waals surface area (Å²) in [7, 11) is 0. The van der Waals surface area contributed by atoms with Crippen LogP contribution in [0.25, 0.3) is 0 Å². The number of hydrogen-bond donors (Lipinski definition) is 1. The molecular weight excluding hydrogens is 453 g/mol. The highest BCUT2D eigenvalue weighted by molar-refractivity contribution is 5.87. The van der Waals surface area contributed by atoms with Crippen molar-refractivity contribution in [2.75, 3.05) is 19.6 Å². The maximum atomic E-state index is 13.4. The smallest absolute Gasteiger partial charge is 0.354 e. The zero-order valence-corrected chi connectivity index (χ0v) is 17.8. The highest BCUT2D eigenvalue weighted by Crippen LogP contribution is 2.36. The second-order valence-corrected chi connectivity index (χ2v) is 8.19. The number of alkyl halides is 6. The van der Waals surface area contributed by atoms with Crippen LogP contribution in [-0.4, -0.2) is 30.4 Å². The molecule has 2 aromatic carbocycles. The first-order valence-corrected chi connectivity index (χ1v) is 10.4. The Bertz CT molecular complexity index is 948. The first-order chi connectivity index (χ1) is 15.3. The molecule has 33 heavy (non-hydrogen) atoms. The van der Waals surface area contributed by atoms with Gasteiger partial charge in [-0.05, 0) is 80.7 Å². The van der Waals surface area contributed by atoms with E-state index in [4.69, 9.17) is 0 Å². The van der Waals surface area contributed by atoms with Crippen molar-refractivity contribution in [2.24, 2.45) is 0 Å². The maximum Gasteiger partial charge on any atom is 0.416 e. The molecule has 3 rings (SSSR count). The Morgan fingerprint density at radius 1 is 0.879 bits per heavy atom. The van der Waals surface area contributed by atoms with Crippen LogP contribution in [0.4, 0.5) is 30.7 Å². The number of nitrogens with zero attached hydrogens (tertiary/aromatic N) is 1. The van der Waals surface area contributed by atoms with E-state index in [-0.39, 0.29) is 24.6 Å². The number of rotatable bonds is 6. The maximum absolute atomic E-state index is 13.4. The summed E-state index contributed by atoms with van der Waals surface area (Å²) in [5.74, 6) is -0.924. The second-order valence-electron chi connectivity index (χ2n) is 8.19. The summed E-state index contributed by atoms with van der Waals surface area (Å²) in [6.45, 7) is 2.77. The van der Waals surface area contributed by atoms with Crippen LogP contribution in [0.3, 0.4) is 0 Å². The van der Waals surface area contributed by atoms with E-state index < -0.39 is 40.7 Å². The van der Waals surface area contributed by atoms with E-state index in [1.807, 2.05) is 4.90 Å². The lowest BCUT2D eigenvalue weighted by Crippen LogP contribution is -2.53. The molecule has 1 atom stereocenters. The summed E-state index contributed by atoms with van der Waals surface area (Å²) in [4.78, 5) is 15.1. The summed E-state index contributed by atoms with van der Waals surface area (Å²) in [6.07, 6.45) is -8.35. The molecule has 0 aliphatic carbocycles. The van der Waals surface area contributed by atoms with Gasteiger partial charge in [0.25, 0.3) is 0 Å². The molecule has 0 radical (unpaired) electrons. The van der Waals surface area contributed by atoms with Crippen LogP contribution < -0.4 is 5.32 Å². The van der Waals surface area contributed by atoms with Crippen LogP contribution in [0.15, 0.2) is 42.5 Å². The molecule has 1 saturated heterocycles. The minimum Gasteiger partial charge on any atom is -0.354 e. The summed E-state index contributed by atoms with van der Waals surface area (Å²) < 4.78 is 91.8. The third kappa shape index (κ3) is 5.66. The number of likely N-dealkylation sites (tertiary alicyclic amines) is 1. The number of halogens is 7. The zero-order chi connectivity index (χ0) is 24.4. The van der Waals surface area contributed by atoms with Crippen LogP contribution >= 0.6 is 0 Å². The molecule has 1 fully saturated rings. The fraction of sp³-hybridized carbons (Fsp3) is 0.435. The molecule has 2 aromatic rings. The highest BCUT2D eigenvalue weighted by Gasteiger charge is 2.42. The summed E-state index contributed by atoms with van der Waals surface area (Å²) in [6, 6.07) is 6.84. The van der Waals surface area contributed by atoms with Crippen molar-refractivity contribution >= 4 is 5.91 Å². The summed E-state index contributed by atoms with van der Waals surface area (Å²) in [5.41, 5.74) is -3.60. The van der Waals surface area contributed by atoms with Gasteiger partial charge in [-0.2, -0.15) is 26.3 Å². The molecule has 0 aromatic heterocycles. The van der Waals surface area contributed by atoms with Crippen LogP contribution in [-0.2, 0) is 29.1 Å². The summed E-state index contributed by atoms with van der Waals surface area (Å²) in [5, 5.41) is 2.64. The lowest BCUT2D eigenvalue weighted by atomic mass is 9.89. The number of amides is 1. The third-order valence-electron chi connectivity index (χ3n) is 5.93. The molecule has 1 aliphatic heterocycles. The van der Waals surface area contributed by atoms with Gasteiger partial charge in [-0.25, -0.2) is 4.39 Å². The second kappa shape index (κ2) is 9.32. The SMILES string of the molecule is CC(C(=O)NCCc1cc(C(F)(F)F)cc(C(F)(F)F)c1)(c1ccc(F)cc1)N1CCCC1. The number of benzene rings is 2. The van der Waals surface area contributed by atoms with Crippen LogP contribution in [0.1, 0.15) is 42.0 Å². The van der Waals surface area contributed by atoms with Gasteiger partial charge < -0.3 is 5.32 Å². The van der Waals surface area contributed by atoms with E-state index in [0.717, 1.165) is 12.8 Å². The molecule has 10 heteroatoms. The molecule has 0 spiro atoms. The van der Waals surface area contributed by atoms with Crippen molar-refractivity contribution in [3.8, 4) is 0 Å². The van der Waals surface area contributed by atoms with Crippen LogP contribution in [0.2, 0.25) is 0 Å². The van der Waals surface area contributed by atoms with Gasteiger partial charge in [0, 0.05) is 6.54 Å². The van der Waals surface area contributed by atoms with Crippen molar-refractivity contribution in [2.45, 2.75) is 44.1 Å². The van der Waals surface area contributed by atoms with Crippen LogP contribution in [0, 0.1) is 5.82 Å². The number of nitrogens with one attached hydrogen (secondary N) is 1. The summed E-state index contributed by atoms with van der Waals surface area (Å²) >= 11 is 0. The number of carbonyl (C=O) groups is 1. The van der Waals surface area contributed by atoms with E-state index in [9.17, 15) is 35.5 Å². The van der Waals surface area contributed by atoms with E-state index in [1.165, 1.54) is 24.3 Å². The highest BCUT2D eigenvalue weighted by atomic mass is 19.4. The lowest BCUT2D eigenvalue weighted by Gasteiger charge is -2.38. The van der Waals surface area contributed by atoms with Gasteiger partial charge in [0.1, 0.15) is 11.4 Å². The Kier molecular flexibility index (Phi) is 7.07. The van der Waals surface area contributed by atoms with E-state index >= 15 is 0 Å². The molecule has 1 N–H and O–H groups in total. The van der Waals surface area contributed by atoms with Crippen LogP contribution in [0.5, 0.6) is 0 Å². The molecule has 1 aliphatic rings. The molecule has 180 valence electrons. The van der Waals surface area contributed by atoms with E-state index in [1.54, 1.807) is 6.92 Å². The molecule has 1 heterocycles. The minimum absolute atomic E-state index is 0.0705. The Hall–Kier alpha value is -2.62. The Labute approximate surface area is 186 Å². The predicted octanol–water partition coefficient (Wildman–Crippen LogP) is 5.53. The minimum atomic E-state index is -4.93. The first kappa shape index (κ1) is 25.0. The van der Waals surface area contributed by atoms with E-state index in [2.05, 4.69) is 5.32 Å². The van der Waals surface area contributed by atoms with Gasteiger partial charge in [-0.15, -0.1) is 0 Å². The van der Waals surface area contributed by atoms with E-state index in [0.29, 0.717) is 30.8 Å². The van der Waals surface area contributed by atoms with Crippen molar-refractivity contribution < 1.29 is 35.5 Å². The normalized spacial score (nSPS) is 17.1. The van der Waals surface area contributed by atoms with Gasteiger partial charge in [-0.1, -0.05) is 12.1 Å². The Morgan fingerprint density at radius 3 is 1.88 bits per heavy atom. The number of hydrogen-bond acceptors (Lipinski definition) is 2. The number of carbonyl (C=O) groups excluding carboxylic acids is 1. The van der Waals surface area contributed by atoms with Gasteiger partial charge in [0.2, 0.25) is 5.91 Å². The average molecular weight is 476 g/mol. The van der Waals surface area contributed by atoms with Crippen molar-refractivity contribution in [1.29, 1.82) is 0 Å². The standard InChI is InChI=1S/C23H23F7N2O/c1-21(32-10-2-3-11-32,16-4-6-19(24)7-5-16)20(33)31-9-8-15-12-17(22(25,26)27)14-18(13-15)23(28,29)30/h4-7,12-14H,2-3,8-11H2,1H3,(H,31,33). The monoisotopic (exact) mass is 476 g/mol. The predicted molar refractivity (Wildman–Crippen MR) is 108 cm³/mol. The lowest BCUT2D eigenvalue weighted by molar-refractivity contribution is -0.143. The van der Waals surface area contributed by atoms with Crippen molar-refractivity contribution in [3.63, 3.8) is 0 Å². The Morgan fingerprint density at radius 2 is 1.39 bits per heavy atom. The molecule has 0 bridgehead atoms. The van der Waals surface area contributed by atoms with Gasteiger partial charge in [0.05, 0.1) is 11.1 Å². The Balaban J connectivity index is 1.79.